The lowest BCUT2D eigenvalue weighted by Gasteiger charge is -2.39. The monoisotopic (exact) mass is 571 g/mol. The number of imidazole rings is 1. The molecule has 0 spiro atoms. The molecule has 1 aliphatic heterocycles. The summed E-state index contributed by atoms with van der Waals surface area (Å²) in [5, 5.41) is 3.47. The van der Waals surface area contributed by atoms with Gasteiger partial charge in [-0.3, -0.25) is 9.47 Å². The summed E-state index contributed by atoms with van der Waals surface area (Å²) in [5.74, 6) is 1.69. The van der Waals surface area contributed by atoms with Crippen molar-refractivity contribution in [2.75, 3.05) is 56.8 Å². The summed E-state index contributed by atoms with van der Waals surface area (Å²) in [6, 6.07) is 10.0. The Labute approximate surface area is 241 Å². The second-order valence-electron chi connectivity index (χ2n) is 11.3. The van der Waals surface area contributed by atoms with Crippen LogP contribution >= 0.6 is 0 Å². The third kappa shape index (κ3) is 6.62. The molecular formula is C30H43F2N7O2. The van der Waals surface area contributed by atoms with Gasteiger partial charge in [-0.25, -0.2) is 13.8 Å². The Balaban J connectivity index is 1.38. The van der Waals surface area contributed by atoms with E-state index in [1.165, 1.54) is 4.57 Å². The number of fused-ring (bicyclic) bond motifs is 1. The molecule has 1 unspecified atom stereocenters. The number of nitrogens with zero attached hydrogens (tertiary/aromatic N) is 6. The van der Waals surface area contributed by atoms with Crippen LogP contribution in [-0.4, -0.2) is 89.1 Å². The fourth-order valence-corrected chi connectivity index (χ4v) is 6.44. The van der Waals surface area contributed by atoms with Crippen LogP contribution in [0, 0.1) is 5.92 Å². The number of hydrogen-bond acceptors (Lipinski definition) is 8. The summed E-state index contributed by atoms with van der Waals surface area (Å²) in [5.41, 5.74) is 1.10. The maximum Gasteiger partial charge on any atom is 0.296 e. The minimum absolute atomic E-state index is 0.103. The van der Waals surface area contributed by atoms with E-state index in [4.69, 9.17) is 19.4 Å². The highest BCUT2D eigenvalue weighted by molar-refractivity contribution is 5.78. The van der Waals surface area contributed by atoms with Gasteiger partial charge < -0.3 is 19.7 Å². The number of alkyl halides is 2. The number of aromatic nitrogens is 4. The summed E-state index contributed by atoms with van der Waals surface area (Å²) in [6.45, 7) is 10.9. The average molecular weight is 572 g/mol. The third-order valence-corrected chi connectivity index (χ3v) is 8.55. The Bertz CT molecular complexity index is 1280. The number of para-hydroxylation sites is 2. The van der Waals surface area contributed by atoms with Gasteiger partial charge in [-0.1, -0.05) is 19.1 Å². The summed E-state index contributed by atoms with van der Waals surface area (Å²) in [7, 11) is 1.76. The normalized spacial score (nSPS) is 22.5. The lowest BCUT2D eigenvalue weighted by Crippen LogP contribution is -2.45. The van der Waals surface area contributed by atoms with Crippen molar-refractivity contribution in [3.05, 3.63) is 36.2 Å². The maximum absolute atomic E-state index is 14.2. The van der Waals surface area contributed by atoms with E-state index in [1.807, 2.05) is 6.07 Å². The molecule has 0 bridgehead atoms. The van der Waals surface area contributed by atoms with Crippen LogP contribution in [0.3, 0.4) is 0 Å². The van der Waals surface area contributed by atoms with Crippen LogP contribution in [0.15, 0.2) is 30.3 Å². The number of ether oxygens (including phenoxy) is 2. The van der Waals surface area contributed by atoms with Crippen molar-refractivity contribution in [3.63, 3.8) is 0 Å². The van der Waals surface area contributed by atoms with Crippen molar-refractivity contribution in [1.82, 2.24) is 24.4 Å². The van der Waals surface area contributed by atoms with Crippen LogP contribution in [0.25, 0.3) is 16.9 Å². The van der Waals surface area contributed by atoms with Gasteiger partial charge in [0.25, 0.3) is 6.43 Å². The standard InChI is InChI=1S/C30H43F2N7O2/c1-5-37(20(2)18-40-4)23-12-10-22(11-13-23)17-33-30-35-26(38-14-15-41-19-21(38)3)16-27(36-30)39-25-9-7-6-8-24(25)34-29(39)28(31)32/h6-9,16,20-23,28H,5,10-15,17-19H2,1-4H3,(H,33,35,36)/t20?,21-,22?,23?/m1/s1. The van der Waals surface area contributed by atoms with Crippen molar-refractivity contribution >= 4 is 22.8 Å². The minimum atomic E-state index is -2.75. The molecule has 0 radical (unpaired) electrons. The molecule has 1 saturated heterocycles. The quantitative estimate of drug-likeness (QED) is 0.332. The zero-order valence-corrected chi connectivity index (χ0v) is 24.6. The van der Waals surface area contributed by atoms with Crippen LogP contribution in [0.2, 0.25) is 0 Å². The molecular weight excluding hydrogens is 528 g/mol. The van der Waals surface area contributed by atoms with Crippen molar-refractivity contribution in [2.45, 2.75) is 71.0 Å². The Hall–Kier alpha value is -2.89. The number of likely N-dealkylation sites (N-methyl/N-ethyl adjacent to an activating group) is 1. The lowest BCUT2D eigenvalue weighted by molar-refractivity contribution is 0.0535. The summed E-state index contributed by atoms with van der Waals surface area (Å²) >= 11 is 0. The van der Waals surface area contributed by atoms with E-state index in [0.717, 1.165) is 45.4 Å². The first-order chi connectivity index (χ1) is 19.9. The number of morpholine rings is 1. The molecule has 3 heterocycles. The van der Waals surface area contributed by atoms with E-state index < -0.39 is 6.43 Å². The molecule has 3 aromatic rings. The zero-order valence-electron chi connectivity index (χ0n) is 24.6. The molecule has 224 valence electrons. The number of halogens is 2. The largest absolute Gasteiger partial charge is 0.383 e. The highest BCUT2D eigenvalue weighted by atomic mass is 19.3. The molecule has 9 nitrogen and oxygen atoms in total. The van der Waals surface area contributed by atoms with Gasteiger partial charge in [0.05, 0.1) is 36.9 Å². The third-order valence-electron chi connectivity index (χ3n) is 8.55. The van der Waals surface area contributed by atoms with E-state index in [-0.39, 0.29) is 11.9 Å². The number of rotatable bonds is 11. The molecule has 2 aliphatic rings. The first kappa shape index (κ1) is 29.6. The Morgan fingerprint density at radius 3 is 2.59 bits per heavy atom. The van der Waals surface area contributed by atoms with Gasteiger partial charge in [0.15, 0.2) is 5.82 Å². The van der Waals surface area contributed by atoms with Gasteiger partial charge in [0.1, 0.15) is 11.6 Å². The Morgan fingerprint density at radius 1 is 1.12 bits per heavy atom. The van der Waals surface area contributed by atoms with Crippen molar-refractivity contribution in [1.29, 1.82) is 0 Å². The molecule has 1 saturated carbocycles. The molecule has 1 aliphatic carbocycles. The van der Waals surface area contributed by atoms with Crippen LogP contribution < -0.4 is 10.2 Å². The number of nitrogens with one attached hydrogen (secondary N) is 1. The number of methoxy groups -OCH3 is 1. The zero-order chi connectivity index (χ0) is 28.9. The fourth-order valence-electron chi connectivity index (χ4n) is 6.44. The van der Waals surface area contributed by atoms with Crippen molar-refractivity contribution in [3.8, 4) is 5.82 Å². The van der Waals surface area contributed by atoms with Gasteiger partial charge in [-0.05, 0) is 64.1 Å². The molecule has 5 rings (SSSR count). The van der Waals surface area contributed by atoms with Gasteiger partial charge in [-0.2, -0.15) is 9.97 Å². The molecule has 2 atom stereocenters. The predicted molar refractivity (Wildman–Crippen MR) is 157 cm³/mol. The van der Waals surface area contributed by atoms with E-state index in [1.54, 1.807) is 31.4 Å². The van der Waals surface area contributed by atoms with Crippen molar-refractivity contribution in [2.24, 2.45) is 5.92 Å². The van der Waals surface area contributed by atoms with Crippen LogP contribution in [0.1, 0.15) is 58.7 Å². The molecule has 2 aromatic heterocycles. The highest BCUT2D eigenvalue weighted by Gasteiger charge is 2.29. The smallest absolute Gasteiger partial charge is 0.296 e. The molecule has 0 amide bonds. The Morgan fingerprint density at radius 2 is 1.88 bits per heavy atom. The summed E-state index contributed by atoms with van der Waals surface area (Å²) in [4.78, 5) is 18.6. The van der Waals surface area contributed by atoms with E-state index in [0.29, 0.717) is 66.4 Å². The maximum atomic E-state index is 14.2. The first-order valence-corrected chi connectivity index (χ1v) is 14.9. The second-order valence-corrected chi connectivity index (χ2v) is 11.3. The van der Waals surface area contributed by atoms with Gasteiger partial charge in [-0.15, -0.1) is 0 Å². The number of benzene rings is 1. The van der Waals surface area contributed by atoms with Gasteiger partial charge in [0, 0.05) is 38.3 Å². The number of hydrogen-bond donors (Lipinski definition) is 1. The number of anilines is 2. The minimum Gasteiger partial charge on any atom is -0.383 e. The second kappa shape index (κ2) is 13.4. The van der Waals surface area contributed by atoms with Crippen LogP contribution in [0.5, 0.6) is 0 Å². The molecule has 41 heavy (non-hydrogen) atoms. The SMILES string of the molecule is CCN(C(C)COC)C1CCC(CNc2nc(N3CCOC[C@H]3C)cc(-n3c(C(F)F)nc4ccccc43)n2)CC1. The van der Waals surface area contributed by atoms with Crippen LogP contribution in [0.4, 0.5) is 20.5 Å². The molecule has 11 heteroatoms. The van der Waals surface area contributed by atoms with E-state index in [9.17, 15) is 8.78 Å². The van der Waals surface area contributed by atoms with E-state index in [2.05, 4.69) is 40.9 Å². The summed E-state index contributed by atoms with van der Waals surface area (Å²) in [6.07, 6.45) is 1.77. The van der Waals surface area contributed by atoms with Gasteiger partial charge in [0.2, 0.25) is 5.95 Å². The molecule has 1 N–H and O–H groups in total. The van der Waals surface area contributed by atoms with Crippen molar-refractivity contribution < 1.29 is 18.3 Å². The molecule has 1 aromatic carbocycles. The van der Waals surface area contributed by atoms with Crippen LogP contribution in [-0.2, 0) is 9.47 Å². The fraction of sp³-hybridized carbons (Fsp3) is 0.633. The average Bonchev–Trinajstić information content (AvgIpc) is 3.38. The van der Waals surface area contributed by atoms with Gasteiger partial charge >= 0.3 is 0 Å². The lowest BCUT2D eigenvalue weighted by atomic mass is 9.85. The Kier molecular flexibility index (Phi) is 9.67. The first-order valence-electron chi connectivity index (χ1n) is 14.9. The highest BCUT2D eigenvalue weighted by Crippen LogP contribution is 2.31. The predicted octanol–water partition coefficient (Wildman–Crippen LogP) is 5.31. The topological polar surface area (TPSA) is 80.6 Å². The van der Waals surface area contributed by atoms with E-state index >= 15 is 0 Å². The summed E-state index contributed by atoms with van der Waals surface area (Å²) < 4.78 is 40.9. The molecule has 2 fully saturated rings.